The monoisotopic (exact) mass is 253 g/mol. The van der Waals surface area contributed by atoms with Crippen LogP contribution in [-0.4, -0.2) is 24.3 Å². The molecule has 78 valence electrons. The third kappa shape index (κ3) is 7.13. The van der Waals surface area contributed by atoms with Crippen LogP contribution < -0.4 is 10.8 Å². The minimum Gasteiger partial charge on any atom is -0.627 e. The Morgan fingerprint density at radius 2 is 1.92 bits per heavy atom. The molecule has 1 unspecified atom stereocenters. The Balaban J connectivity index is 3.26. The van der Waals surface area contributed by atoms with Crippen LogP contribution >= 0.6 is 15.9 Å². The molecule has 0 spiro atoms. The van der Waals surface area contributed by atoms with E-state index >= 15 is 0 Å². The summed E-state index contributed by atoms with van der Waals surface area (Å²) in [6.45, 7) is 1.36. The van der Waals surface area contributed by atoms with Gasteiger partial charge in [-0.2, -0.15) is 0 Å². The maximum atomic E-state index is 11.0. The molecule has 0 rings (SSSR count). The molecule has 4 N–H and O–H groups in total. The second-order valence-electron chi connectivity index (χ2n) is 3.00. The highest BCUT2D eigenvalue weighted by molar-refractivity contribution is 9.09. The van der Waals surface area contributed by atoms with Crippen LogP contribution in [0.15, 0.2) is 0 Å². The number of nitrogens with one attached hydrogen (secondary N) is 1. The van der Waals surface area contributed by atoms with Crippen LogP contribution in [0.4, 0.5) is 0 Å². The van der Waals surface area contributed by atoms with Gasteiger partial charge in [-0.1, -0.05) is 15.9 Å². The molecule has 0 aliphatic carbocycles. The van der Waals surface area contributed by atoms with Crippen molar-refractivity contribution in [1.82, 2.24) is 0 Å². The van der Waals surface area contributed by atoms with Gasteiger partial charge in [0.25, 0.3) is 0 Å². The highest BCUT2D eigenvalue weighted by Crippen LogP contribution is 1.95. The first-order valence-electron chi connectivity index (χ1n) is 4.63. The van der Waals surface area contributed by atoms with Crippen molar-refractivity contribution in [3.05, 3.63) is 5.21 Å². The van der Waals surface area contributed by atoms with E-state index in [4.69, 9.17) is 0 Å². The molecule has 0 radical (unpaired) electrons. The fourth-order valence-corrected chi connectivity index (χ4v) is 1.34. The topological polar surface area (TPSA) is 72.2 Å². The van der Waals surface area contributed by atoms with Crippen molar-refractivity contribution in [2.45, 2.75) is 25.7 Å². The summed E-state index contributed by atoms with van der Waals surface area (Å²) >= 11 is 2.97. The molecule has 0 bridgehead atoms. The summed E-state index contributed by atoms with van der Waals surface area (Å²) in [5.41, 5.74) is 3.73. The lowest BCUT2D eigenvalue weighted by Gasteiger charge is -2.17. The fraction of sp³-hybridized carbons (Fsp3) is 0.875. The second-order valence-corrected chi connectivity index (χ2v) is 3.56. The zero-order valence-electron chi connectivity index (χ0n) is 7.85. The van der Waals surface area contributed by atoms with Gasteiger partial charge in [0.1, 0.15) is 5.33 Å². The van der Waals surface area contributed by atoms with E-state index in [1.165, 1.54) is 0 Å². The van der Waals surface area contributed by atoms with E-state index in [0.717, 1.165) is 32.2 Å². The molecule has 4 nitrogen and oxygen atoms in total. The summed E-state index contributed by atoms with van der Waals surface area (Å²) in [6, 6.07) is 0. The van der Waals surface area contributed by atoms with Gasteiger partial charge in [-0.15, -0.1) is 0 Å². The molecule has 0 saturated heterocycles. The molecule has 0 saturated carbocycles. The van der Waals surface area contributed by atoms with Crippen LogP contribution in [0.3, 0.4) is 0 Å². The molecule has 0 fully saturated rings. The quantitative estimate of drug-likeness (QED) is 0.351. The third-order valence-corrected chi connectivity index (χ3v) is 2.35. The van der Waals surface area contributed by atoms with Crippen LogP contribution in [-0.2, 0) is 4.79 Å². The van der Waals surface area contributed by atoms with E-state index in [1.54, 1.807) is 0 Å². The lowest BCUT2D eigenvalue weighted by Crippen LogP contribution is -3.10. The number of hydrogen-bond donors (Lipinski definition) is 2. The Morgan fingerprint density at radius 3 is 2.46 bits per heavy atom. The van der Waals surface area contributed by atoms with Gasteiger partial charge in [0.05, 0.1) is 13.1 Å². The molecule has 13 heavy (non-hydrogen) atoms. The summed E-state index contributed by atoms with van der Waals surface area (Å²) in [5.74, 6) is -0.308. The average Bonchev–Trinajstić information content (AvgIpc) is 2.16. The van der Waals surface area contributed by atoms with Crippen LogP contribution in [0.2, 0.25) is 0 Å². The minimum atomic E-state index is -0.308. The second kappa shape index (κ2) is 8.62. The predicted octanol–water partition coefficient (Wildman–Crippen LogP) is -0.907. The van der Waals surface area contributed by atoms with Crippen molar-refractivity contribution >= 4 is 21.8 Å². The van der Waals surface area contributed by atoms with Crippen LogP contribution in [0, 0.1) is 5.21 Å². The van der Waals surface area contributed by atoms with Gasteiger partial charge in [0.2, 0.25) is 0 Å². The number of amides is 1. The van der Waals surface area contributed by atoms with Crippen molar-refractivity contribution < 1.29 is 15.6 Å². The Kier molecular flexibility index (Phi) is 8.64. The van der Waals surface area contributed by atoms with Crippen LogP contribution in [0.25, 0.3) is 0 Å². The van der Waals surface area contributed by atoms with Crippen LogP contribution in [0.5, 0.6) is 0 Å². The number of carbonyl (C=O) groups excluding carboxylic acids is 1. The standard InChI is InChI=1S/C8H17BrN2O2/c9-7-8(12)11(13)6-4-2-1-3-5-10/h11H,1-7,10H2/p+1. The fourth-order valence-electron chi connectivity index (χ4n) is 1.03. The molecule has 0 heterocycles. The van der Waals surface area contributed by atoms with Crippen molar-refractivity contribution in [1.29, 1.82) is 0 Å². The Bertz CT molecular complexity index is 144. The summed E-state index contributed by atoms with van der Waals surface area (Å²) in [4.78, 5) is 10.8. The molecule has 0 aromatic rings. The summed E-state index contributed by atoms with van der Waals surface area (Å²) in [6.07, 6.45) is 4.08. The molecular formula is C8H18BrN2O2+. The summed E-state index contributed by atoms with van der Waals surface area (Å²) < 4.78 is 0. The van der Waals surface area contributed by atoms with Gasteiger partial charge in [0, 0.05) is 0 Å². The van der Waals surface area contributed by atoms with Crippen molar-refractivity contribution in [2.75, 3.05) is 18.4 Å². The maximum absolute atomic E-state index is 11.0. The highest BCUT2D eigenvalue weighted by atomic mass is 79.9. The molecule has 0 aliphatic heterocycles. The Hall–Kier alpha value is 0.0300. The van der Waals surface area contributed by atoms with Gasteiger partial charge in [-0.25, -0.2) is 4.79 Å². The van der Waals surface area contributed by atoms with E-state index in [0.29, 0.717) is 6.54 Å². The number of carbonyl (C=O) groups is 1. The SMILES string of the molecule is [NH3+]CCCCCC[NH+]([O-])C(=O)CBr. The lowest BCUT2D eigenvalue weighted by molar-refractivity contribution is -0.764. The number of alkyl halides is 1. The maximum Gasteiger partial charge on any atom is 0.322 e. The van der Waals surface area contributed by atoms with E-state index < -0.39 is 0 Å². The van der Waals surface area contributed by atoms with Crippen molar-refractivity contribution in [3.63, 3.8) is 0 Å². The molecule has 1 amide bonds. The molecule has 5 heteroatoms. The van der Waals surface area contributed by atoms with E-state index in [-0.39, 0.29) is 16.3 Å². The van der Waals surface area contributed by atoms with Crippen LogP contribution in [0.1, 0.15) is 25.7 Å². The molecule has 1 atom stereocenters. The largest absolute Gasteiger partial charge is 0.627 e. The smallest absolute Gasteiger partial charge is 0.322 e. The zero-order valence-corrected chi connectivity index (χ0v) is 9.44. The van der Waals surface area contributed by atoms with Crippen molar-refractivity contribution in [2.24, 2.45) is 0 Å². The highest BCUT2D eigenvalue weighted by Gasteiger charge is 2.07. The first-order valence-corrected chi connectivity index (χ1v) is 5.75. The lowest BCUT2D eigenvalue weighted by atomic mass is 10.2. The number of rotatable bonds is 7. The van der Waals surface area contributed by atoms with Gasteiger partial charge in [-0.3, -0.25) is 0 Å². The molecule has 0 aliphatic rings. The summed E-state index contributed by atoms with van der Waals surface area (Å²) in [7, 11) is 0. The van der Waals surface area contributed by atoms with E-state index in [9.17, 15) is 10.0 Å². The van der Waals surface area contributed by atoms with Gasteiger partial charge >= 0.3 is 5.91 Å². The van der Waals surface area contributed by atoms with Gasteiger partial charge in [-0.05, 0) is 25.7 Å². The molecule has 0 aromatic carbocycles. The Labute approximate surface area is 87.2 Å². The summed E-state index contributed by atoms with van der Waals surface area (Å²) in [5, 5.41) is 10.9. The first kappa shape index (κ1) is 13.0. The Morgan fingerprint density at radius 1 is 1.31 bits per heavy atom. The average molecular weight is 254 g/mol. The number of quaternary nitrogens is 2. The number of hydrogen-bond acceptors (Lipinski definition) is 2. The number of halogens is 1. The third-order valence-electron chi connectivity index (χ3n) is 1.84. The van der Waals surface area contributed by atoms with Crippen molar-refractivity contribution in [3.8, 4) is 0 Å². The van der Waals surface area contributed by atoms with E-state index in [1.807, 2.05) is 0 Å². The normalized spacial score (nSPS) is 12.8. The number of unbranched alkanes of at least 4 members (excludes halogenated alkanes) is 3. The minimum absolute atomic E-state index is 0.157. The predicted molar refractivity (Wildman–Crippen MR) is 54.2 cm³/mol. The van der Waals surface area contributed by atoms with Gasteiger partial charge < -0.3 is 16.0 Å². The zero-order chi connectivity index (χ0) is 10.1. The first-order chi connectivity index (χ1) is 6.22. The molecular weight excluding hydrogens is 236 g/mol. The van der Waals surface area contributed by atoms with Gasteiger partial charge in [0.15, 0.2) is 0 Å². The molecule has 0 aromatic heterocycles. The van der Waals surface area contributed by atoms with E-state index in [2.05, 4.69) is 21.7 Å². The number of hydroxylamine groups is 2.